The van der Waals surface area contributed by atoms with Crippen LogP contribution in [0.1, 0.15) is 29.5 Å². The van der Waals surface area contributed by atoms with Gasteiger partial charge in [0.1, 0.15) is 10.1 Å². The van der Waals surface area contributed by atoms with Crippen LogP contribution in [0.3, 0.4) is 0 Å². The second-order valence-electron chi connectivity index (χ2n) is 8.25. The zero-order valence-electron chi connectivity index (χ0n) is 18.9. The van der Waals surface area contributed by atoms with Crippen molar-refractivity contribution >= 4 is 67.8 Å². The molecule has 2 aliphatic heterocycles. The molecule has 0 aromatic heterocycles. The van der Waals surface area contributed by atoms with Gasteiger partial charge in [0, 0.05) is 16.8 Å². The molecule has 2 fully saturated rings. The molecule has 2 aliphatic rings. The topological polar surface area (TPSA) is 67.9 Å². The summed E-state index contributed by atoms with van der Waals surface area (Å²) in [6, 6.07) is 11.2. The van der Waals surface area contributed by atoms with Gasteiger partial charge in [-0.1, -0.05) is 52.0 Å². The monoisotopic (exact) mass is 560 g/mol. The molecule has 1 N–H and O–H groups in total. The van der Waals surface area contributed by atoms with Crippen molar-refractivity contribution in [1.82, 2.24) is 4.90 Å². The molecule has 0 bridgehead atoms. The van der Waals surface area contributed by atoms with Crippen LogP contribution in [0.5, 0.6) is 5.75 Å². The summed E-state index contributed by atoms with van der Waals surface area (Å²) in [6.07, 6.45) is 3.82. The van der Waals surface area contributed by atoms with Crippen molar-refractivity contribution in [2.75, 3.05) is 25.1 Å². The summed E-state index contributed by atoms with van der Waals surface area (Å²) in [5, 5.41) is 2.92. The fourth-order valence-corrected chi connectivity index (χ4v) is 5.89. The predicted octanol–water partition coefficient (Wildman–Crippen LogP) is 5.46. The molecule has 2 aromatic carbocycles. The van der Waals surface area contributed by atoms with E-state index in [4.69, 9.17) is 21.7 Å². The third-order valence-electron chi connectivity index (χ3n) is 5.57. The summed E-state index contributed by atoms with van der Waals surface area (Å²) in [7, 11) is 0. The van der Waals surface area contributed by atoms with E-state index in [9.17, 15) is 9.59 Å². The Bertz CT molecular complexity index is 1140. The lowest BCUT2D eigenvalue weighted by Crippen LogP contribution is -2.35. The van der Waals surface area contributed by atoms with Crippen molar-refractivity contribution in [2.24, 2.45) is 0 Å². The maximum absolute atomic E-state index is 12.9. The Labute approximate surface area is 217 Å². The normalized spacial score (nSPS) is 19.2. The molecule has 2 aromatic rings. The number of ether oxygens (including phenoxy) is 2. The van der Waals surface area contributed by atoms with E-state index in [-0.39, 0.29) is 24.5 Å². The highest BCUT2D eigenvalue weighted by Crippen LogP contribution is 2.34. The molecule has 0 spiro atoms. The quantitative estimate of drug-likeness (QED) is 0.358. The first-order valence-electron chi connectivity index (χ1n) is 11.0. The van der Waals surface area contributed by atoms with Crippen LogP contribution in [0.2, 0.25) is 0 Å². The van der Waals surface area contributed by atoms with Crippen molar-refractivity contribution < 1.29 is 19.1 Å². The Morgan fingerprint density at radius 3 is 2.79 bits per heavy atom. The van der Waals surface area contributed by atoms with Crippen LogP contribution in [0.4, 0.5) is 5.69 Å². The van der Waals surface area contributed by atoms with E-state index in [1.54, 1.807) is 23.1 Å². The van der Waals surface area contributed by atoms with Crippen LogP contribution in [-0.2, 0) is 14.3 Å². The van der Waals surface area contributed by atoms with Crippen molar-refractivity contribution in [3.05, 3.63) is 62.5 Å². The number of benzene rings is 2. The Morgan fingerprint density at radius 1 is 1.32 bits per heavy atom. The minimum Gasteiger partial charge on any atom is -0.484 e. The van der Waals surface area contributed by atoms with Gasteiger partial charge in [0.05, 0.1) is 17.6 Å². The molecule has 2 saturated heterocycles. The Hall–Kier alpha value is -2.20. The van der Waals surface area contributed by atoms with Crippen molar-refractivity contribution in [2.45, 2.75) is 32.8 Å². The molecule has 0 saturated carbocycles. The number of rotatable bonds is 7. The van der Waals surface area contributed by atoms with Crippen molar-refractivity contribution in [1.29, 1.82) is 0 Å². The van der Waals surface area contributed by atoms with Gasteiger partial charge < -0.3 is 14.8 Å². The minimum atomic E-state index is -0.242. The number of aryl methyl sites for hydroxylation is 2. The lowest BCUT2D eigenvalue weighted by molar-refractivity contribution is -0.123. The molecule has 9 heteroatoms. The van der Waals surface area contributed by atoms with Crippen LogP contribution in [0, 0.1) is 13.8 Å². The van der Waals surface area contributed by atoms with Gasteiger partial charge in [-0.05, 0) is 73.7 Å². The standard InChI is InChI=1S/C25H25BrN2O4S2/c1-15-9-18(26)10-16(2)23(15)27-22(29)14-32-19-6-3-5-17(11-19)12-21-24(30)28(25(33)34-21)13-20-7-4-8-31-20/h3,5-6,9-12,20H,4,7-8,13-14H2,1-2H3,(H,27,29)/b21-12-/t20-/m1/s1. The van der Waals surface area contributed by atoms with E-state index in [1.807, 2.05) is 38.1 Å². The zero-order valence-corrected chi connectivity index (χ0v) is 22.1. The van der Waals surface area contributed by atoms with Gasteiger partial charge in [0.25, 0.3) is 11.8 Å². The van der Waals surface area contributed by atoms with Gasteiger partial charge in [-0.3, -0.25) is 14.5 Å². The van der Waals surface area contributed by atoms with Crippen LogP contribution in [0.15, 0.2) is 45.8 Å². The first-order chi connectivity index (χ1) is 16.3. The molecule has 34 heavy (non-hydrogen) atoms. The Balaban J connectivity index is 1.37. The van der Waals surface area contributed by atoms with Crippen LogP contribution in [-0.4, -0.2) is 46.9 Å². The minimum absolute atomic E-state index is 0.0507. The van der Waals surface area contributed by atoms with Crippen LogP contribution < -0.4 is 10.1 Å². The molecule has 0 aliphatic carbocycles. The molecule has 178 valence electrons. The molecule has 2 amide bonds. The molecule has 0 unspecified atom stereocenters. The van der Waals surface area contributed by atoms with E-state index in [0.717, 1.165) is 46.3 Å². The maximum atomic E-state index is 12.9. The van der Waals surface area contributed by atoms with Gasteiger partial charge in [0.15, 0.2) is 6.61 Å². The lowest BCUT2D eigenvalue weighted by Gasteiger charge is -2.18. The molecular formula is C25H25BrN2O4S2. The predicted molar refractivity (Wildman–Crippen MR) is 143 cm³/mol. The van der Waals surface area contributed by atoms with Crippen molar-refractivity contribution in [3.8, 4) is 5.75 Å². The summed E-state index contributed by atoms with van der Waals surface area (Å²) in [4.78, 5) is 27.5. The van der Waals surface area contributed by atoms with E-state index in [1.165, 1.54) is 11.8 Å². The molecule has 2 heterocycles. The fourth-order valence-electron chi connectivity index (χ4n) is 3.93. The van der Waals surface area contributed by atoms with Crippen molar-refractivity contribution in [3.63, 3.8) is 0 Å². The SMILES string of the molecule is Cc1cc(Br)cc(C)c1NC(=O)COc1cccc(/C=C2\SC(=S)N(C[C@H]3CCCO3)C2=O)c1. The van der Waals surface area contributed by atoms with Crippen LogP contribution in [0.25, 0.3) is 6.08 Å². The van der Waals surface area contributed by atoms with Gasteiger partial charge in [0.2, 0.25) is 0 Å². The van der Waals surface area contributed by atoms with E-state index < -0.39 is 0 Å². The third-order valence-corrected chi connectivity index (χ3v) is 7.41. The summed E-state index contributed by atoms with van der Waals surface area (Å²) < 4.78 is 12.9. The second kappa shape index (κ2) is 11.0. The summed E-state index contributed by atoms with van der Waals surface area (Å²) in [6.45, 7) is 5.00. The van der Waals surface area contributed by atoms with Gasteiger partial charge >= 0.3 is 0 Å². The molecule has 4 rings (SSSR count). The Morgan fingerprint density at radius 2 is 2.09 bits per heavy atom. The maximum Gasteiger partial charge on any atom is 0.266 e. The second-order valence-corrected chi connectivity index (χ2v) is 10.8. The summed E-state index contributed by atoms with van der Waals surface area (Å²) in [5.41, 5.74) is 3.53. The first kappa shape index (κ1) is 24.9. The summed E-state index contributed by atoms with van der Waals surface area (Å²) >= 11 is 10.2. The third kappa shape index (κ3) is 6.07. The first-order valence-corrected chi connectivity index (χ1v) is 13.0. The number of thiocarbonyl (C=S) groups is 1. The van der Waals surface area contributed by atoms with E-state index in [2.05, 4.69) is 21.2 Å². The number of nitrogens with one attached hydrogen (secondary N) is 1. The average Bonchev–Trinajstić information content (AvgIpc) is 3.39. The largest absolute Gasteiger partial charge is 0.484 e. The number of carbonyl (C=O) groups is 2. The van der Waals surface area contributed by atoms with Gasteiger partial charge in [-0.15, -0.1) is 0 Å². The number of thioether (sulfide) groups is 1. The molecule has 0 radical (unpaired) electrons. The highest BCUT2D eigenvalue weighted by Gasteiger charge is 2.34. The molecular weight excluding hydrogens is 536 g/mol. The highest BCUT2D eigenvalue weighted by atomic mass is 79.9. The van der Waals surface area contributed by atoms with Gasteiger partial charge in [-0.25, -0.2) is 0 Å². The highest BCUT2D eigenvalue weighted by molar-refractivity contribution is 9.10. The number of hydrogen-bond donors (Lipinski definition) is 1. The fraction of sp³-hybridized carbons (Fsp3) is 0.320. The smallest absolute Gasteiger partial charge is 0.266 e. The molecule has 6 nitrogen and oxygen atoms in total. The van der Waals surface area contributed by atoms with Crippen LogP contribution >= 0.6 is 39.9 Å². The average molecular weight is 562 g/mol. The van der Waals surface area contributed by atoms with E-state index in [0.29, 0.717) is 21.5 Å². The van der Waals surface area contributed by atoms with E-state index >= 15 is 0 Å². The van der Waals surface area contributed by atoms with Gasteiger partial charge in [-0.2, -0.15) is 0 Å². The zero-order chi connectivity index (χ0) is 24.2. The number of carbonyl (C=O) groups excluding carboxylic acids is 2. The number of hydrogen-bond acceptors (Lipinski definition) is 6. The number of halogens is 1. The number of amides is 2. The number of anilines is 1. The Kier molecular flexibility index (Phi) is 8.08. The lowest BCUT2D eigenvalue weighted by atomic mass is 10.1. The summed E-state index contributed by atoms with van der Waals surface area (Å²) in [5.74, 6) is 0.202. The number of nitrogens with zero attached hydrogens (tertiary/aromatic N) is 1. The molecule has 1 atom stereocenters.